The lowest BCUT2D eigenvalue weighted by Gasteiger charge is -2.33. The predicted molar refractivity (Wildman–Crippen MR) is 71.5 cm³/mol. The molecule has 96 valence electrons. The summed E-state index contributed by atoms with van der Waals surface area (Å²) in [6, 6.07) is 0.706. The fraction of sp³-hybridized carbons (Fsp3) is 0.769. The first kappa shape index (κ1) is 12.4. The Bertz CT molecular complexity index is 350. The Labute approximate surface area is 104 Å². The number of aryl methyl sites for hydroxylation is 2. The van der Waals surface area contributed by atoms with E-state index in [2.05, 4.69) is 35.4 Å². The Hall–Kier alpha value is -1.03. The lowest BCUT2D eigenvalue weighted by atomic mass is 10.0. The Morgan fingerprint density at radius 3 is 2.65 bits per heavy atom. The molecule has 1 N–H and O–H groups in total. The fourth-order valence-electron chi connectivity index (χ4n) is 2.65. The molecule has 0 aliphatic carbocycles. The van der Waals surface area contributed by atoms with Crippen LogP contribution in [0.2, 0.25) is 0 Å². The SMILES string of the molecule is CCNC1CCN(c2cn(C)nc2CC)CC1. The van der Waals surface area contributed by atoms with Crippen molar-refractivity contribution < 1.29 is 0 Å². The van der Waals surface area contributed by atoms with Crippen molar-refractivity contribution in [1.29, 1.82) is 0 Å². The van der Waals surface area contributed by atoms with E-state index in [4.69, 9.17) is 0 Å². The molecule has 1 aromatic rings. The summed E-state index contributed by atoms with van der Waals surface area (Å²) in [7, 11) is 2.01. The highest BCUT2D eigenvalue weighted by Crippen LogP contribution is 2.23. The highest BCUT2D eigenvalue weighted by molar-refractivity contribution is 5.49. The van der Waals surface area contributed by atoms with Gasteiger partial charge < -0.3 is 10.2 Å². The van der Waals surface area contributed by atoms with Crippen molar-refractivity contribution in [2.45, 2.75) is 39.2 Å². The minimum atomic E-state index is 0.706. The number of hydrogen-bond donors (Lipinski definition) is 1. The van der Waals surface area contributed by atoms with Crippen molar-refractivity contribution in [2.24, 2.45) is 7.05 Å². The molecule has 1 fully saturated rings. The van der Waals surface area contributed by atoms with Crippen molar-refractivity contribution in [2.75, 3.05) is 24.5 Å². The van der Waals surface area contributed by atoms with Crippen LogP contribution in [0, 0.1) is 0 Å². The maximum atomic E-state index is 4.52. The maximum Gasteiger partial charge on any atom is 0.0855 e. The number of nitrogens with zero attached hydrogens (tertiary/aromatic N) is 3. The summed E-state index contributed by atoms with van der Waals surface area (Å²) in [6.45, 7) is 7.74. The van der Waals surface area contributed by atoms with Gasteiger partial charge in [0.25, 0.3) is 0 Å². The molecule has 4 nitrogen and oxygen atoms in total. The van der Waals surface area contributed by atoms with Crippen LogP contribution in [0.4, 0.5) is 5.69 Å². The first-order chi connectivity index (χ1) is 8.24. The van der Waals surface area contributed by atoms with Crippen molar-refractivity contribution in [3.63, 3.8) is 0 Å². The summed E-state index contributed by atoms with van der Waals surface area (Å²) in [4.78, 5) is 2.49. The van der Waals surface area contributed by atoms with Gasteiger partial charge in [-0.25, -0.2) is 0 Å². The summed E-state index contributed by atoms with van der Waals surface area (Å²) >= 11 is 0. The molecule has 1 aliphatic rings. The van der Waals surface area contributed by atoms with Gasteiger partial charge in [-0.1, -0.05) is 13.8 Å². The lowest BCUT2D eigenvalue weighted by Crippen LogP contribution is -2.42. The number of piperidine rings is 1. The summed E-state index contributed by atoms with van der Waals surface area (Å²) in [5, 5.41) is 8.06. The van der Waals surface area contributed by atoms with Crippen LogP contribution in [-0.2, 0) is 13.5 Å². The van der Waals surface area contributed by atoms with E-state index in [1.807, 2.05) is 11.7 Å². The zero-order valence-corrected chi connectivity index (χ0v) is 11.2. The van der Waals surface area contributed by atoms with Crippen LogP contribution in [0.15, 0.2) is 6.20 Å². The topological polar surface area (TPSA) is 33.1 Å². The zero-order valence-electron chi connectivity index (χ0n) is 11.2. The van der Waals surface area contributed by atoms with Crippen LogP contribution in [-0.4, -0.2) is 35.5 Å². The van der Waals surface area contributed by atoms with Gasteiger partial charge in [0, 0.05) is 32.4 Å². The second-order valence-corrected chi connectivity index (χ2v) is 4.81. The molecule has 2 heterocycles. The summed E-state index contributed by atoms with van der Waals surface area (Å²) in [5.41, 5.74) is 2.57. The average Bonchev–Trinajstić information content (AvgIpc) is 2.72. The third-order valence-electron chi connectivity index (χ3n) is 3.55. The standard InChI is InChI=1S/C13H24N4/c1-4-12-13(10-16(3)15-12)17-8-6-11(7-9-17)14-5-2/h10-11,14H,4-9H2,1-3H3. The van der Waals surface area contributed by atoms with Gasteiger partial charge in [-0.3, -0.25) is 4.68 Å². The molecular formula is C13H24N4. The van der Waals surface area contributed by atoms with E-state index in [1.54, 1.807) is 0 Å². The van der Waals surface area contributed by atoms with Crippen molar-refractivity contribution in [1.82, 2.24) is 15.1 Å². The molecule has 0 bridgehead atoms. The first-order valence-corrected chi connectivity index (χ1v) is 6.75. The normalized spacial score (nSPS) is 17.7. The van der Waals surface area contributed by atoms with Gasteiger partial charge >= 0.3 is 0 Å². The van der Waals surface area contributed by atoms with Crippen LogP contribution in [0.1, 0.15) is 32.4 Å². The molecular weight excluding hydrogens is 212 g/mol. The quantitative estimate of drug-likeness (QED) is 0.861. The van der Waals surface area contributed by atoms with Crippen LogP contribution >= 0.6 is 0 Å². The van der Waals surface area contributed by atoms with E-state index in [0.29, 0.717) is 6.04 Å². The first-order valence-electron chi connectivity index (χ1n) is 6.75. The summed E-state index contributed by atoms with van der Waals surface area (Å²) in [6.07, 6.45) is 5.66. The van der Waals surface area contributed by atoms with Gasteiger partial charge in [-0.15, -0.1) is 0 Å². The van der Waals surface area contributed by atoms with E-state index < -0.39 is 0 Å². The van der Waals surface area contributed by atoms with Gasteiger partial charge in [-0.05, 0) is 25.8 Å². The smallest absolute Gasteiger partial charge is 0.0855 e. The van der Waals surface area contributed by atoms with E-state index in [-0.39, 0.29) is 0 Å². The fourth-order valence-corrected chi connectivity index (χ4v) is 2.65. The average molecular weight is 236 g/mol. The molecule has 4 heteroatoms. The molecule has 0 aromatic carbocycles. The second kappa shape index (κ2) is 5.54. The van der Waals surface area contributed by atoms with Crippen LogP contribution in [0.25, 0.3) is 0 Å². The van der Waals surface area contributed by atoms with Crippen molar-refractivity contribution in [3.8, 4) is 0 Å². The van der Waals surface area contributed by atoms with Crippen LogP contribution < -0.4 is 10.2 Å². The minimum Gasteiger partial charge on any atom is -0.369 e. The number of hydrogen-bond acceptors (Lipinski definition) is 3. The number of aromatic nitrogens is 2. The van der Waals surface area contributed by atoms with Crippen LogP contribution in [0.3, 0.4) is 0 Å². The molecule has 1 aliphatic heterocycles. The van der Waals surface area contributed by atoms with E-state index in [1.165, 1.54) is 24.2 Å². The van der Waals surface area contributed by atoms with Crippen molar-refractivity contribution in [3.05, 3.63) is 11.9 Å². The van der Waals surface area contributed by atoms with Gasteiger partial charge in [0.1, 0.15) is 0 Å². The Morgan fingerprint density at radius 1 is 1.35 bits per heavy atom. The molecule has 2 rings (SSSR count). The number of rotatable bonds is 4. The lowest BCUT2D eigenvalue weighted by molar-refractivity contribution is 0.423. The van der Waals surface area contributed by atoms with Gasteiger partial charge in [0.15, 0.2) is 0 Å². The summed E-state index contributed by atoms with van der Waals surface area (Å²) in [5.74, 6) is 0. The molecule has 0 spiro atoms. The zero-order chi connectivity index (χ0) is 12.3. The monoisotopic (exact) mass is 236 g/mol. The summed E-state index contributed by atoms with van der Waals surface area (Å²) < 4.78 is 1.94. The highest BCUT2D eigenvalue weighted by atomic mass is 15.3. The van der Waals surface area contributed by atoms with E-state index in [9.17, 15) is 0 Å². The maximum absolute atomic E-state index is 4.52. The molecule has 0 saturated carbocycles. The van der Waals surface area contributed by atoms with E-state index >= 15 is 0 Å². The van der Waals surface area contributed by atoms with E-state index in [0.717, 1.165) is 26.1 Å². The molecule has 0 atom stereocenters. The largest absolute Gasteiger partial charge is 0.369 e. The molecule has 0 radical (unpaired) electrons. The van der Waals surface area contributed by atoms with Crippen molar-refractivity contribution >= 4 is 5.69 Å². The number of anilines is 1. The predicted octanol–water partition coefficient (Wildman–Crippen LogP) is 1.56. The molecule has 1 aromatic heterocycles. The second-order valence-electron chi connectivity index (χ2n) is 4.81. The van der Waals surface area contributed by atoms with Gasteiger partial charge in [0.05, 0.1) is 11.4 Å². The number of nitrogens with one attached hydrogen (secondary N) is 1. The highest BCUT2D eigenvalue weighted by Gasteiger charge is 2.21. The molecule has 17 heavy (non-hydrogen) atoms. The third kappa shape index (κ3) is 2.80. The third-order valence-corrected chi connectivity index (χ3v) is 3.55. The molecule has 0 unspecified atom stereocenters. The Balaban J connectivity index is 2.00. The Kier molecular flexibility index (Phi) is 4.05. The van der Waals surface area contributed by atoms with Crippen LogP contribution in [0.5, 0.6) is 0 Å². The Morgan fingerprint density at radius 2 is 2.06 bits per heavy atom. The minimum absolute atomic E-state index is 0.706. The van der Waals surface area contributed by atoms with Gasteiger partial charge in [0.2, 0.25) is 0 Å². The molecule has 0 amide bonds. The van der Waals surface area contributed by atoms with Gasteiger partial charge in [-0.2, -0.15) is 5.10 Å². The molecule has 1 saturated heterocycles.